The van der Waals surface area contributed by atoms with Crippen LogP contribution in [0.15, 0.2) is 24.3 Å². The molecule has 1 saturated heterocycles. The number of hydrogen-bond acceptors (Lipinski definition) is 3. The topological polar surface area (TPSA) is 75.6 Å². The van der Waals surface area contributed by atoms with Crippen molar-refractivity contribution in [3.63, 3.8) is 0 Å². The number of carboxylic acids is 1. The van der Waals surface area contributed by atoms with Crippen molar-refractivity contribution < 1.29 is 19.4 Å². The SMILES string of the molecule is Cc1ccc(/C=C/C(=O)O)cc1NC(=O)C1CCC(C)O1. The molecule has 0 radical (unpaired) electrons. The van der Waals surface area contributed by atoms with E-state index in [0.717, 1.165) is 30.0 Å². The van der Waals surface area contributed by atoms with Crippen LogP contribution in [0.3, 0.4) is 0 Å². The fourth-order valence-electron chi connectivity index (χ4n) is 2.25. The minimum atomic E-state index is -1.01. The zero-order valence-corrected chi connectivity index (χ0v) is 12.1. The van der Waals surface area contributed by atoms with E-state index in [4.69, 9.17) is 9.84 Å². The summed E-state index contributed by atoms with van der Waals surface area (Å²) in [6, 6.07) is 5.40. The standard InChI is InChI=1S/C16H19NO4/c1-10-3-5-12(6-8-15(18)19)9-13(10)17-16(20)14-7-4-11(2)21-14/h3,5-6,8-9,11,14H,4,7H2,1-2H3,(H,17,20)(H,18,19)/b8-6+. The second-order valence-electron chi connectivity index (χ2n) is 5.25. The molecule has 1 aromatic carbocycles. The molecule has 1 aromatic rings. The van der Waals surface area contributed by atoms with Gasteiger partial charge in [0.05, 0.1) is 6.10 Å². The van der Waals surface area contributed by atoms with E-state index in [9.17, 15) is 9.59 Å². The summed E-state index contributed by atoms with van der Waals surface area (Å²) >= 11 is 0. The molecule has 5 nitrogen and oxygen atoms in total. The Balaban J connectivity index is 2.10. The predicted octanol–water partition coefficient (Wildman–Crippen LogP) is 2.60. The molecule has 0 saturated carbocycles. The number of hydrogen-bond donors (Lipinski definition) is 2. The van der Waals surface area contributed by atoms with Gasteiger partial charge >= 0.3 is 5.97 Å². The molecule has 21 heavy (non-hydrogen) atoms. The van der Waals surface area contributed by atoms with E-state index < -0.39 is 12.1 Å². The Morgan fingerprint density at radius 2 is 2.14 bits per heavy atom. The van der Waals surface area contributed by atoms with Crippen molar-refractivity contribution in [3.8, 4) is 0 Å². The van der Waals surface area contributed by atoms with Crippen molar-refractivity contribution in [1.29, 1.82) is 0 Å². The average Bonchev–Trinajstić information content (AvgIpc) is 2.86. The van der Waals surface area contributed by atoms with Gasteiger partial charge in [0.1, 0.15) is 6.10 Å². The molecule has 2 N–H and O–H groups in total. The number of aliphatic carboxylic acids is 1. The van der Waals surface area contributed by atoms with Crippen LogP contribution < -0.4 is 5.32 Å². The van der Waals surface area contributed by atoms with Gasteiger partial charge in [0.25, 0.3) is 5.91 Å². The fraction of sp³-hybridized carbons (Fsp3) is 0.375. The number of nitrogens with one attached hydrogen (secondary N) is 1. The van der Waals surface area contributed by atoms with E-state index in [1.165, 1.54) is 6.08 Å². The molecule has 1 heterocycles. The predicted molar refractivity (Wildman–Crippen MR) is 80.0 cm³/mol. The maximum atomic E-state index is 12.1. The first-order valence-electron chi connectivity index (χ1n) is 6.93. The zero-order valence-electron chi connectivity index (χ0n) is 12.1. The van der Waals surface area contributed by atoms with Gasteiger partial charge in [-0.25, -0.2) is 4.79 Å². The minimum Gasteiger partial charge on any atom is -0.478 e. The summed E-state index contributed by atoms with van der Waals surface area (Å²) < 4.78 is 5.54. The Hall–Kier alpha value is -2.14. The van der Waals surface area contributed by atoms with Crippen molar-refractivity contribution in [2.75, 3.05) is 5.32 Å². The first-order chi connectivity index (χ1) is 9.95. The van der Waals surface area contributed by atoms with Gasteiger partial charge in [-0.2, -0.15) is 0 Å². The monoisotopic (exact) mass is 289 g/mol. The molecule has 0 aromatic heterocycles. The van der Waals surface area contributed by atoms with Crippen LogP contribution >= 0.6 is 0 Å². The number of carbonyl (C=O) groups excluding carboxylic acids is 1. The highest BCUT2D eigenvalue weighted by atomic mass is 16.5. The van der Waals surface area contributed by atoms with E-state index in [1.807, 2.05) is 19.9 Å². The van der Waals surface area contributed by atoms with E-state index in [0.29, 0.717) is 5.69 Å². The molecule has 2 atom stereocenters. The lowest BCUT2D eigenvalue weighted by molar-refractivity contribution is -0.131. The van der Waals surface area contributed by atoms with Crippen molar-refractivity contribution in [2.45, 2.75) is 38.9 Å². The maximum Gasteiger partial charge on any atom is 0.328 e. The van der Waals surface area contributed by atoms with Crippen LogP contribution in [0.1, 0.15) is 30.9 Å². The molecule has 0 spiro atoms. The number of benzene rings is 1. The quantitative estimate of drug-likeness (QED) is 0.835. The van der Waals surface area contributed by atoms with Gasteiger partial charge in [-0.1, -0.05) is 12.1 Å². The molecule has 0 aliphatic carbocycles. The lowest BCUT2D eigenvalue weighted by Gasteiger charge is -2.14. The van der Waals surface area contributed by atoms with Crippen molar-refractivity contribution in [2.24, 2.45) is 0 Å². The Labute approximate surface area is 123 Å². The third-order valence-electron chi connectivity index (χ3n) is 3.46. The Morgan fingerprint density at radius 3 is 2.76 bits per heavy atom. The van der Waals surface area contributed by atoms with Gasteiger partial charge in [0.15, 0.2) is 0 Å². The molecule has 1 aliphatic heterocycles. The molecule has 2 unspecified atom stereocenters. The number of ether oxygens (including phenoxy) is 1. The zero-order chi connectivity index (χ0) is 15.4. The van der Waals surface area contributed by atoms with E-state index in [1.54, 1.807) is 12.1 Å². The molecule has 5 heteroatoms. The number of carbonyl (C=O) groups is 2. The first kappa shape index (κ1) is 15.3. The van der Waals surface area contributed by atoms with Crippen LogP contribution in [0.25, 0.3) is 6.08 Å². The van der Waals surface area contributed by atoms with Gasteiger partial charge in [-0.3, -0.25) is 4.79 Å². The van der Waals surface area contributed by atoms with Crippen LogP contribution in [-0.4, -0.2) is 29.2 Å². The fourth-order valence-corrected chi connectivity index (χ4v) is 2.25. The van der Waals surface area contributed by atoms with Crippen LogP contribution in [-0.2, 0) is 14.3 Å². The molecular weight excluding hydrogens is 270 g/mol. The molecule has 1 amide bonds. The summed E-state index contributed by atoms with van der Waals surface area (Å²) in [5, 5.41) is 11.5. The highest BCUT2D eigenvalue weighted by molar-refractivity contribution is 5.95. The summed E-state index contributed by atoms with van der Waals surface area (Å²) in [7, 11) is 0. The van der Waals surface area contributed by atoms with E-state index in [2.05, 4.69) is 5.32 Å². The summed E-state index contributed by atoms with van der Waals surface area (Å²) in [4.78, 5) is 22.7. The number of carboxylic acid groups (broad SMARTS) is 1. The smallest absolute Gasteiger partial charge is 0.328 e. The number of amides is 1. The maximum absolute atomic E-state index is 12.1. The Bertz CT molecular complexity index is 580. The van der Waals surface area contributed by atoms with Crippen molar-refractivity contribution in [1.82, 2.24) is 0 Å². The average molecular weight is 289 g/mol. The van der Waals surface area contributed by atoms with Crippen molar-refractivity contribution >= 4 is 23.6 Å². The number of rotatable bonds is 4. The summed E-state index contributed by atoms with van der Waals surface area (Å²) in [5.74, 6) is -1.16. The third kappa shape index (κ3) is 4.16. The van der Waals surface area contributed by atoms with Crippen LogP contribution in [0.4, 0.5) is 5.69 Å². The van der Waals surface area contributed by atoms with Crippen molar-refractivity contribution in [3.05, 3.63) is 35.4 Å². The van der Waals surface area contributed by atoms with Crippen LogP contribution in [0, 0.1) is 6.92 Å². The third-order valence-corrected chi connectivity index (χ3v) is 3.46. The summed E-state index contributed by atoms with van der Waals surface area (Å²) in [5.41, 5.74) is 2.32. The Kier molecular flexibility index (Phi) is 4.75. The highest BCUT2D eigenvalue weighted by Crippen LogP contribution is 2.23. The van der Waals surface area contributed by atoms with E-state index >= 15 is 0 Å². The lowest BCUT2D eigenvalue weighted by Crippen LogP contribution is -2.28. The molecule has 0 bridgehead atoms. The van der Waals surface area contributed by atoms with Gasteiger partial charge in [-0.15, -0.1) is 0 Å². The van der Waals surface area contributed by atoms with Crippen LogP contribution in [0.2, 0.25) is 0 Å². The molecular formula is C16H19NO4. The van der Waals surface area contributed by atoms with Gasteiger partial charge < -0.3 is 15.2 Å². The molecule has 2 rings (SSSR count). The summed E-state index contributed by atoms with van der Waals surface area (Å²) in [6.45, 7) is 3.84. The summed E-state index contributed by atoms with van der Waals surface area (Å²) in [6.07, 6.45) is 3.89. The second kappa shape index (κ2) is 6.54. The number of aryl methyl sites for hydroxylation is 1. The first-order valence-corrected chi connectivity index (χ1v) is 6.93. The lowest BCUT2D eigenvalue weighted by atomic mass is 10.1. The Morgan fingerprint density at radius 1 is 1.38 bits per heavy atom. The molecule has 1 fully saturated rings. The van der Waals surface area contributed by atoms with Crippen LogP contribution in [0.5, 0.6) is 0 Å². The van der Waals surface area contributed by atoms with Gasteiger partial charge in [0.2, 0.25) is 0 Å². The minimum absolute atomic E-state index is 0.117. The highest BCUT2D eigenvalue weighted by Gasteiger charge is 2.28. The molecule has 112 valence electrons. The number of anilines is 1. The normalized spacial score (nSPS) is 21.6. The molecule has 1 aliphatic rings. The van der Waals surface area contributed by atoms with E-state index in [-0.39, 0.29) is 12.0 Å². The second-order valence-corrected chi connectivity index (χ2v) is 5.25. The van der Waals surface area contributed by atoms with Gasteiger partial charge in [-0.05, 0) is 50.0 Å². The van der Waals surface area contributed by atoms with Gasteiger partial charge in [0, 0.05) is 11.8 Å². The largest absolute Gasteiger partial charge is 0.478 e.